The van der Waals surface area contributed by atoms with Crippen LogP contribution in [0.2, 0.25) is 0 Å². The van der Waals surface area contributed by atoms with Crippen LogP contribution < -0.4 is 14.2 Å². The lowest BCUT2D eigenvalue weighted by molar-refractivity contribution is -0.277. The number of fused-ring (bicyclic) bond motifs is 3. The fourth-order valence-electron chi connectivity index (χ4n) is 3.64. The van der Waals surface area contributed by atoms with Gasteiger partial charge in [-0.2, -0.15) is 0 Å². The van der Waals surface area contributed by atoms with Crippen LogP contribution in [0.1, 0.15) is 0 Å². The highest BCUT2D eigenvalue weighted by Gasteiger charge is 2.45. The molecule has 4 rings (SSSR count). The average molecular weight is 438 g/mol. The van der Waals surface area contributed by atoms with Gasteiger partial charge in [-0.25, -0.2) is 0 Å². The Hall–Kier alpha value is -2.96. The van der Waals surface area contributed by atoms with E-state index in [0.29, 0.717) is 5.39 Å². The van der Waals surface area contributed by atoms with Crippen molar-refractivity contribution in [3.63, 3.8) is 0 Å². The molecule has 168 valence electrons. The Morgan fingerprint density at radius 1 is 0.935 bits per heavy atom. The van der Waals surface area contributed by atoms with E-state index in [2.05, 4.69) is 0 Å². The molecular formula is C20H22O11. The minimum absolute atomic E-state index is 0.0221. The van der Waals surface area contributed by atoms with Crippen molar-refractivity contribution >= 4 is 21.9 Å². The number of methoxy groups -OCH3 is 2. The number of aromatic hydroxyl groups is 2. The number of phenolic OH excluding ortho intramolecular Hbond substituents is 2. The van der Waals surface area contributed by atoms with Crippen LogP contribution in [-0.4, -0.2) is 82.2 Å². The van der Waals surface area contributed by atoms with Gasteiger partial charge in [0.2, 0.25) is 17.8 Å². The van der Waals surface area contributed by atoms with Gasteiger partial charge in [0.25, 0.3) is 0 Å². The van der Waals surface area contributed by atoms with E-state index >= 15 is 0 Å². The fraction of sp³-hybridized carbons (Fsp3) is 0.400. The quantitative estimate of drug-likeness (QED) is 0.321. The van der Waals surface area contributed by atoms with Gasteiger partial charge in [0, 0.05) is 5.39 Å². The molecule has 1 aliphatic rings. The molecule has 0 bridgehead atoms. The van der Waals surface area contributed by atoms with Crippen LogP contribution in [-0.2, 0) is 4.74 Å². The summed E-state index contributed by atoms with van der Waals surface area (Å²) in [6.45, 7) is -0.614. The Morgan fingerprint density at radius 3 is 2.32 bits per heavy atom. The molecule has 0 aliphatic carbocycles. The molecule has 2 heterocycles. The van der Waals surface area contributed by atoms with Crippen molar-refractivity contribution in [2.75, 3.05) is 20.8 Å². The number of aliphatic hydroxyl groups excluding tert-OH is 4. The van der Waals surface area contributed by atoms with Crippen LogP contribution in [0.5, 0.6) is 28.7 Å². The maximum Gasteiger partial charge on any atom is 0.229 e. The molecule has 0 spiro atoms. The van der Waals surface area contributed by atoms with Crippen LogP contribution in [0.4, 0.5) is 0 Å². The predicted molar refractivity (Wildman–Crippen MR) is 105 cm³/mol. The van der Waals surface area contributed by atoms with Crippen molar-refractivity contribution in [2.45, 2.75) is 30.7 Å². The summed E-state index contributed by atoms with van der Waals surface area (Å²) in [6, 6.07) is 4.13. The zero-order valence-corrected chi connectivity index (χ0v) is 16.6. The van der Waals surface area contributed by atoms with Crippen LogP contribution in [0.15, 0.2) is 22.6 Å². The first-order chi connectivity index (χ1) is 14.8. The second-order valence-corrected chi connectivity index (χ2v) is 7.04. The van der Waals surface area contributed by atoms with Gasteiger partial charge in [0.05, 0.1) is 26.2 Å². The summed E-state index contributed by atoms with van der Waals surface area (Å²) in [4.78, 5) is 0. The van der Waals surface area contributed by atoms with Gasteiger partial charge in [-0.3, -0.25) is 0 Å². The van der Waals surface area contributed by atoms with E-state index in [9.17, 15) is 30.6 Å². The number of rotatable bonds is 5. The lowest BCUT2D eigenvalue weighted by Crippen LogP contribution is -2.60. The second kappa shape index (κ2) is 7.94. The highest BCUT2D eigenvalue weighted by Crippen LogP contribution is 2.49. The van der Waals surface area contributed by atoms with E-state index in [1.165, 1.54) is 32.4 Å². The van der Waals surface area contributed by atoms with Crippen molar-refractivity contribution in [3.05, 3.63) is 18.2 Å². The average Bonchev–Trinajstić information content (AvgIpc) is 3.15. The van der Waals surface area contributed by atoms with Gasteiger partial charge in [0.1, 0.15) is 30.2 Å². The summed E-state index contributed by atoms with van der Waals surface area (Å²) in [5.74, 6) is -0.374. The number of hydrogen-bond acceptors (Lipinski definition) is 11. The first-order valence-corrected chi connectivity index (χ1v) is 9.31. The Labute approximate surface area is 175 Å². The van der Waals surface area contributed by atoms with Crippen molar-refractivity contribution in [1.29, 1.82) is 0 Å². The molecule has 11 heteroatoms. The van der Waals surface area contributed by atoms with Gasteiger partial charge in [-0.1, -0.05) is 0 Å². The highest BCUT2D eigenvalue weighted by molar-refractivity contribution is 6.12. The van der Waals surface area contributed by atoms with E-state index in [4.69, 9.17) is 23.4 Å². The zero-order valence-electron chi connectivity index (χ0n) is 16.6. The lowest BCUT2D eigenvalue weighted by Gasteiger charge is -2.39. The summed E-state index contributed by atoms with van der Waals surface area (Å²) in [5, 5.41) is 60.9. The molecule has 2 aromatic carbocycles. The molecule has 0 unspecified atom stereocenters. The summed E-state index contributed by atoms with van der Waals surface area (Å²) >= 11 is 0. The van der Waals surface area contributed by atoms with Crippen LogP contribution in [0.3, 0.4) is 0 Å². The number of aliphatic hydroxyl groups is 4. The molecule has 11 nitrogen and oxygen atoms in total. The van der Waals surface area contributed by atoms with E-state index in [0.717, 1.165) is 0 Å². The molecule has 3 aromatic rings. The van der Waals surface area contributed by atoms with Gasteiger partial charge in [0.15, 0.2) is 22.7 Å². The van der Waals surface area contributed by atoms with Crippen molar-refractivity contribution in [3.8, 4) is 28.7 Å². The normalized spacial score (nSPS) is 26.3. The van der Waals surface area contributed by atoms with Crippen molar-refractivity contribution < 1.29 is 54.0 Å². The minimum atomic E-state index is -1.63. The zero-order chi connectivity index (χ0) is 22.4. The van der Waals surface area contributed by atoms with Crippen molar-refractivity contribution in [1.82, 2.24) is 0 Å². The summed E-state index contributed by atoms with van der Waals surface area (Å²) in [5.41, 5.74) is 0.147. The van der Waals surface area contributed by atoms with E-state index < -0.39 is 37.3 Å². The standard InChI is InChI=1S/C20H22O11/c1-27-10-5-7-12-8(22)3-4-9(18(12)31-17(7)19(28-2)14(10)24)29-20-16(26)15(25)13(23)11(6-21)30-20/h3-5,11,13,15-16,20-26H,6H2,1-2H3/t11-,13-,15+,16-,20+/m1/s1. The van der Waals surface area contributed by atoms with Crippen LogP contribution >= 0.6 is 0 Å². The minimum Gasteiger partial charge on any atom is -0.507 e. The Balaban J connectivity index is 1.84. The maximum absolute atomic E-state index is 10.4. The first-order valence-electron chi connectivity index (χ1n) is 9.31. The van der Waals surface area contributed by atoms with Gasteiger partial charge < -0.3 is 54.0 Å². The van der Waals surface area contributed by atoms with Crippen molar-refractivity contribution in [2.24, 2.45) is 0 Å². The molecule has 0 saturated carbocycles. The number of benzene rings is 2. The molecule has 1 aliphatic heterocycles. The first kappa shape index (κ1) is 21.3. The van der Waals surface area contributed by atoms with Crippen LogP contribution in [0, 0.1) is 0 Å². The number of phenols is 2. The van der Waals surface area contributed by atoms with Gasteiger partial charge in [-0.15, -0.1) is 0 Å². The number of ether oxygens (including phenoxy) is 4. The summed E-state index contributed by atoms with van der Waals surface area (Å²) in [7, 11) is 2.68. The molecular weight excluding hydrogens is 416 g/mol. The molecule has 31 heavy (non-hydrogen) atoms. The predicted octanol–water partition coefficient (Wildman–Crippen LogP) is 0.193. The molecule has 0 radical (unpaired) electrons. The topological polar surface area (TPSA) is 171 Å². The lowest BCUT2D eigenvalue weighted by atomic mass is 9.99. The summed E-state index contributed by atoms with van der Waals surface area (Å²) in [6.07, 6.45) is -7.41. The van der Waals surface area contributed by atoms with Crippen LogP contribution in [0.25, 0.3) is 21.9 Å². The smallest absolute Gasteiger partial charge is 0.229 e. The third-order valence-electron chi connectivity index (χ3n) is 5.26. The molecule has 6 N–H and O–H groups in total. The molecule has 1 fully saturated rings. The Morgan fingerprint density at radius 2 is 1.68 bits per heavy atom. The summed E-state index contributed by atoms with van der Waals surface area (Å²) < 4.78 is 27.3. The molecule has 5 atom stereocenters. The van der Waals surface area contributed by atoms with Gasteiger partial charge >= 0.3 is 0 Å². The monoisotopic (exact) mass is 438 g/mol. The fourth-order valence-corrected chi connectivity index (χ4v) is 3.64. The third-order valence-corrected chi connectivity index (χ3v) is 5.26. The van der Waals surface area contributed by atoms with Gasteiger partial charge in [-0.05, 0) is 18.2 Å². The Bertz CT molecular complexity index is 1110. The largest absolute Gasteiger partial charge is 0.507 e. The van der Waals surface area contributed by atoms with E-state index in [1.807, 2.05) is 0 Å². The van der Waals surface area contributed by atoms with E-state index in [-0.39, 0.29) is 45.3 Å². The molecule has 0 amide bonds. The SMILES string of the molecule is COc1cc2c(oc3c(O[C@H]4O[C@H](CO)[C@@H](O)[C@H](O)[C@H]4O)ccc(O)c32)c(OC)c1O. The number of hydrogen-bond donors (Lipinski definition) is 6. The maximum atomic E-state index is 10.4. The third kappa shape index (κ3) is 3.27. The second-order valence-electron chi connectivity index (χ2n) is 7.04. The van der Waals surface area contributed by atoms with E-state index in [1.54, 1.807) is 0 Å². The number of furan rings is 1. The molecule has 1 saturated heterocycles. The Kier molecular flexibility index (Phi) is 5.45. The highest BCUT2D eigenvalue weighted by atomic mass is 16.7. The molecule has 1 aromatic heterocycles.